The lowest BCUT2D eigenvalue weighted by molar-refractivity contribution is -0.125. The largest absolute Gasteiger partial charge is 0.486 e. The predicted octanol–water partition coefficient (Wildman–Crippen LogP) is 3.13. The highest BCUT2D eigenvalue weighted by Crippen LogP contribution is 2.28. The molecule has 0 saturated heterocycles. The number of carbonyl (C=O) groups excluding carboxylic acids is 3. The van der Waals surface area contributed by atoms with Crippen molar-refractivity contribution in [2.24, 2.45) is 0 Å². The van der Waals surface area contributed by atoms with Gasteiger partial charge in [0.05, 0.1) is 24.4 Å². The number of amides is 3. The van der Waals surface area contributed by atoms with Crippen LogP contribution in [-0.4, -0.2) is 82.6 Å². The molecule has 3 aromatic heterocycles. The summed E-state index contributed by atoms with van der Waals surface area (Å²) in [5.41, 5.74) is 0.881. The van der Waals surface area contributed by atoms with E-state index in [1.165, 1.54) is 40.6 Å². The van der Waals surface area contributed by atoms with Gasteiger partial charge in [0.2, 0.25) is 5.91 Å². The van der Waals surface area contributed by atoms with Crippen LogP contribution in [0, 0.1) is 5.82 Å². The van der Waals surface area contributed by atoms with Crippen LogP contribution < -0.4 is 15.6 Å². The molecule has 3 rings (SSSR count). The van der Waals surface area contributed by atoms with Crippen LogP contribution >= 0.6 is 0 Å². The lowest BCUT2D eigenvalue weighted by Gasteiger charge is -2.19. The minimum absolute atomic E-state index is 0.0224. The molecule has 0 aromatic carbocycles. The van der Waals surface area contributed by atoms with E-state index >= 15 is 0 Å². The number of hydrogen-bond acceptors (Lipinski definition) is 7. The minimum atomic E-state index is -1.22. The molecule has 12 nitrogen and oxygen atoms in total. The highest BCUT2D eigenvalue weighted by atomic mass is 19.1. The van der Waals surface area contributed by atoms with Crippen molar-refractivity contribution in [3.8, 4) is 5.75 Å². The second-order valence-corrected chi connectivity index (χ2v) is 9.98. The Morgan fingerprint density at radius 2 is 1.93 bits per heavy atom. The molecule has 3 aromatic rings. The number of likely N-dealkylation sites (N-methyl/N-ethyl adjacent to an activating group) is 1. The molecule has 41 heavy (non-hydrogen) atoms. The number of nitrogens with one attached hydrogen (secondary N) is 2. The molecular formula is C28H35FN6O6. The Morgan fingerprint density at radius 1 is 1.20 bits per heavy atom. The zero-order valence-electron chi connectivity index (χ0n) is 23.9. The maximum atomic E-state index is 14.4. The van der Waals surface area contributed by atoms with E-state index in [0.29, 0.717) is 16.7 Å². The fraction of sp³-hybridized carbons (Fsp3) is 0.393. The number of hydrogen-bond donors (Lipinski definition) is 2. The Labute approximate surface area is 236 Å². The van der Waals surface area contributed by atoms with Gasteiger partial charge in [0.15, 0.2) is 17.7 Å². The average Bonchev–Trinajstić information content (AvgIpc) is 3.32. The monoisotopic (exact) mass is 570 g/mol. The van der Waals surface area contributed by atoms with Crippen molar-refractivity contribution in [2.45, 2.75) is 45.4 Å². The molecular weight excluding hydrogens is 535 g/mol. The van der Waals surface area contributed by atoms with Gasteiger partial charge >= 0.3 is 6.09 Å². The second kappa shape index (κ2) is 13.6. The van der Waals surface area contributed by atoms with Crippen LogP contribution in [0.25, 0.3) is 11.0 Å². The number of H-pyrrole nitrogens is 1. The van der Waals surface area contributed by atoms with Crippen molar-refractivity contribution < 1.29 is 28.2 Å². The maximum Gasteiger partial charge on any atom is 0.410 e. The number of aromatic amines is 1. The molecule has 13 heteroatoms. The lowest BCUT2D eigenvalue weighted by atomic mass is 10.1. The number of ether oxygens (including phenoxy) is 2. The summed E-state index contributed by atoms with van der Waals surface area (Å²) in [5, 5.41) is 2.55. The Balaban J connectivity index is 1.79. The zero-order valence-corrected chi connectivity index (χ0v) is 23.9. The zero-order chi connectivity index (χ0) is 30.3. The van der Waals surface area contributed by atoms with E-state index in [9.17, 15) is 23.6 Å². The molecule has 0 aliphatic carbocycles. The number of pyridine rings is 2. The van der Waals surface area contributed by atoms with Gasteiger partial charge < -0.3 is 34.1 Å². The van der Waals surface area contributed by atoms with Crippen LogP contribution in [0.1, 0.15) is 32.4 Å². The van der Waals surface area contributed by atoms with Gasteiger partial charge in [-0.05, 0) is 51.0 Å². The number of carbonyl (C=O) groups is 3. The van der Waals surface area contributed by atoms with E-state index in [1.54, 1.807) is 52.3 Å². The number of fused-ring (bicyclic) bond motifs is 1. The van der Waals surface area contributed by atoms with Gasteiger partial charge in [-0.3, -0.25) is 19.4 Å². The van der Waals surface area contributed by atoms with Crippen molar-refractivity contribution in [3.05, 3.63) is 64.6 Å². The molecule has 0 radical (unpaired) electrons. The number of halogens is 1. The quantitative estimate of drug-likeness (QED) is 0.338. The van der Waals surface area contributed by atoms with Crippen molar-refractivity contribution >= 4 is 34.6 Å². The summed E-state index contributed by atoms with van der Waals surface area (Å²) in [6, 6.07) is 4.71. The molecule has 0 aliphatic heterocycles. The number of nitrogens with zero attached hydrogens (tertiary/aromatic N) is 4. The number of anilines is 1. The molecule has 1 atom stereocenters. The van der Waals surface area contributed by atoms with Crippen LogP contribution in [0.15, 0.2) is 47.5 Å². The Bertz CT molecular complexity index is 1490. The summed E-state index contributed by atoms with van der Waals surface area (Å²) in [5.74, 6) is -1.47. The number of rotatable bonds is 11. The predicted molar refractivity (Wildman–Crippen MR) is 151 cm³/mol. The summed E-state index contributed by atoms with van der Waals surface area (Å²) >= 11 is 0. The van der Waals surface area contributed by atoms with Gasteiger partial charge in [-0.1, -0.05) is 6.08 Å². The van der Waals surface area contributed by atoms with Crippen molar-refractivity contribution in [1.29, 1.82) is 0 Å². The van der Waals surface area contributed by atoms with E-state index in [-0.39, 0.29) is 42.8 Å². The van der Waals surface area contributed by atoms with Crippen molar-refractivity contribution in [3.63, 3.8) is 0 Å². The fourth-order valence-electron chi connectivity index (χ4n) is 3.72. The first-order chi connectivity index (χ1) is 19.4. The van der Waals surface area contributed by atoms with E-state index in [0.717, 1.165) is 6.20 Å². The Hall–Kier alpha value is -4.68. The summed E-state index contributed by atoms with van der Waals surface area (Å²) in [6.07, 6.45) is 3.72. The van der Waals surface area contributed by atoms with E-state index in [1.807, 2.05) is 0 Å². The van der Waals surface area contributed by atoms with Gasteiger partial charge in [0.1, 0.15) is 11.2 Å². The first kappa shape index (κ1) is 30.9. The molecule has 3 heterocycles. The summed E-state index contributed by atoms with van der Waals surface area (Å²) < 4.78 is 26.6. The van der Waals surface area contributed by atoms with E-state index in [4.69, 9.17) is 9.47 Å². The topological polar surface area (TPSA) is 139 Å². The normalized spacial score (nSPS) is 12.0. The van der Waals surface area contributed by atoms with Crippen LogP contribution in [0.4, 0.5) is 14.9 Å². The van der Waals surface area contributed by atoms with E-state index < -0.39 is 29.5 Å². The van der Waals surface area contributed by atoms with Crippen LogP contribution in [0.2, 0.25) is 0 Å². The van der Waals surface area contributed by atoms with Crippen LogP contribution in [-0.2, 0) is 20.9 Å². The lowest BCUT2D eigenvalue weighted by Crippen LogP contribution is -2.37. The third-order valence-corrected chi connectivity index (χ3v) is 5.78. The second-order valence-electron chi connectivity index (χ2n) is 9.98. The molecule has 0 saturated carbocycles. The van der Waals surface area contributed by atoms with Gasteiger partial charge in [0.25, 0.3) is 11.5 Å². The summed E-state index contributed by atoms with van der Waals surface area (Å²) in [4.78, 5) is 60.0. The highest BCUT2D eigenvalue weighted by molar-refractivity contribution is 5.95. The molecule has 3 amide bonds. The Kier molecular flexibility index (Phi) is 10.2. The third kappa shape index (κ3) is 8.16. The molecule has 1 unspecified atom stereocenters. The summed E-state index contributed by atoms with van der Waals surface area (Å²) in [6.45, 7) is 3.64. The van der Waals surface area contributed by atoms with Gasteiger partial charge in [-0.25, -0.2) is 9.18 Å². The first-order valence-electron chi connectivity index (χ1n) is 13.0. The Morgan fingerprint density at radius 3 is 2.59 bits per heavy atom. The molecule has 220 valence electrons. The smallest absolute Gasteiger partial charge is 0.410 e. The maximum absolute atomic E-state index is 14.4. The minimum Gasteiger partial charge on any atom is -0.486 e. The van der Waals surface area contributed by atoms with Crippen LogP contribution in [0.3, 0.4) is 0 Å². The first-order valence-corrected chi connectivity index (χ1v) is 13.0. The standard InChI is InChI=1S/C28H35FN6O6/c1-17(2)40-25-19(29)15-30-21-14-18(31-24(21)25)16-35-13-9-10-20(27(35)38)32-26(37)22(41-28(39)34(5)6)11-7-8-12-23(36)33(3)4/h8-10,12-15,17,22,31H,7,11,16H2,1-6H3,(H,32,37). The molecule has 0 spiro atoms. The van der Waals surface area contributed by atoms with E-state index in [2.05, 4.69) is 15.3 Å². The van der Waals surface area contributed by atoms with Gasteiger partial charge in [-0.2, -0.15) is 0 Å². The molecule has 0 fully saturated rings. The molecule has 0 aliphatic rings. The van der Waals surface area contributed by atoms with Crippen LogP contribution in [0.5, 0.6) is 5.75 Å². The summed E-state index contributed by atoms with van der Waals surface area (Å²) in [7, 11) is 6.19. The third-order valence-electron chi connectivity index (χ3n) is 5.78. The van der Waals surface area contributed by atoms with Gasteiger partial charge in [0, 0.05) is 40.1 Å². The molecule has 0 bridgehead atoms. The highest BCUT2D eigenvalue weighted by Gasteiger charge is 2.24. The average molecular weight is 571 g/mol. The molecule has 2 N–H and O–H groups in total. The van der Waals surface area contributed by atoms with Crippen molar-refractivity contribution in [2.75, 3.05) is 33.5 Å². The SMILES string of the molecule is CC(C)Oc1c(F)cnc2cc(Cn3cccc(NC(=O)C(CCC=CC(=O)N(C)C)OC(=O)N(C)C)c3=O)[nH]c12. The van der Waals surface area contributed by atoms with Crippen molar-refractivity contribution in [1.82, 2.24) is 24.3 Å². The number of aromatic nitrogens is 3. The van der Waals surface area contributed by atoms with Gasteiger partial charge in [-0.15, -0.1) is 0 Å². The number of allylic oxidation sites excluding steroid dienone is 1. The fourth-order valence-corrected chi connectivity index (χ4v) is 3.72.